The Bertz CT molecular complexity index is 339. The van der Waals surface area contributed by atoms with Crippen molar-refractivity contribution in [2.24, 2.45) is 17.8 Å². The average Bonchev–Trinajstić information content (AvgIpc) is 2.90. The van der Waals surface area contributed by atoms with E-state index in [1.54, 1.807) is 0 Å². The van der Waals surface area contributed by atoms with Gasteiger partial charge in [0.15, 0.2) is 0 Å². The number of carbonyl (C=O) groups is 1. The summed E-state index contributed by atoms with van der Waals surface area (Å²) >= 11 is 0. The smallest absolute Gasteiger partial charge is 0.308 e. The SMILES string of the molecule is O=C(O)C1C2CCC(C2)C1NC1C=CCCC1. The Morgan fingerprint density at radius 3 is 2.76 bits per heavy atom. The Kier molecular flexibility index (Phi) is 2.95. The molecule has 0 aliphatic heterocycles. The van der Waals surface area contributed by atoms with E-state index in [1.807, 2.05) is 0 Å². The van der Waals surface area contributed by atoms with E-state index in [1.165, 1.54) is 19.3 Å². The first-order valence-corrected chi connectivity index (χ1v) is 6.91. The average molecular weight is 235 g/mol. The van der Waals surface area contributed by atoms with Gasteiger partial charge in [0.2, 0.25) is 0 Å². The van der Waals surface area contributed by atoms with Crippen LogP contribution in [-0.4, -0.2) is 23.2 Å². The molecule has 0 aromatic heterocycles. The maximum atomic E-state index is 11.4. The van der Waals surface area contributed by atoms with Crippen molar-refractivity contribution in [1.29, 1.82) is 0 Å². The topological polar surface area (TPSA) is 49.3 Å². The van der Waals surface area contributed by atoms with Crippen molar-refractivity contribution in [3.8, 4) is 0 Å². The van der Waals surface area contributed by atoms with Crippen LogP contribution in [0.3, 0.4) is 0 Å². The number of allylic oxidation sites excluding steroid dienone is 1. The molecule has 5 atom stereocenters. The summed E-state index contributed by atoms with van der Waals surface area (Å²) in [5.74, 6) is 0.317. The highest BCUT2D eigenvalue weighted by molar-refractivity contribution is 5.72. The van der Waals surface area contributed by atoms with Gasteiger partial charge in [0.1, 0.15) is 0 Å². The fourth-order valence-corrected chi connectivity index (χ4v) is 4.08. The minimum absolute atomic E-state index is 0.135. The standard InChI is InChI=1S/C14H21NO2/c16-14(17)12-9-6-7-10(8-9)13(12)15-11-4-2-1-3-5-11/h2,4,9-13,15H,1,3,5-8H2,(H,16,17). The number of rotatable bonds is 3. The van der Waals surface area contributed by atoms with Gasteiger partial charge in [0, 0.05) is 12.1 Å². The number of aliphatic carboxylic acids is 1. The molecule has 3 aliphatic carbocycles. The Morgan fingerprint density at radius 2 is 2.06 bits per heavy atom. The molecule has 3 aliphatic rings. The molecule has 17 heavy (non-hydrogen) atoms. The second-order valence-corrected chi connectivity index (χ2v) is 5.86. The van der Waals surface area contributed by atoms with Gasteiger partial charge in [-0.2, -0.15) is 0 Å². The van der Waals surface area contributed by atoms with Gasteiger partial charge in [-0.3, -0.25) is 4.79 Å². The molecule has 3 nitrogen and oxygen atoms in total. The summed E-state index contributed by atoms with van der Waals surface area (Å²) < 4.78 is 0. The molecule has 0 aromatic carbocycles. The lowest BCUT2D eigenvalue weighted by Crippen LogP contribution is -2.48. The predicted molar refractivity (Wildman–Crippen MR) is 65.7 cm³/mol. The van der Waals surface area contributed by atoms with Crippen LogP contribution in [0.2, 0.25) is 0 Å². The molecule has 2 saturated carbocycles. The Morgan fingerprint density at radius 1 is 1.24 bits per heavy atom. The van der Waals surface area contributed by atoms with E-state index in [0.717, 1.165) is 19.3 Å². The van der Waals surface area contributed by atoms with Gasteiger partial charge in [-0.05, 0) is 50.4 Å². The maximum absolute atomic E-state index is 11.4. The van der Waals surface area contributed by atoms with Gasteiger partial charge in [0.25, 0.3) is 0 Å². The van der Waals surface area contributed by atoms with Crippen LogP contribution in [-0.2, 0) is 4.79 Å². The fourth-order valence-electron chi connectivity index (χ4n) is 4.08. The molecule has 0 aromatic rings. The van der Waals surface area contributed by atoms with Crippen LogP contribution in [0, 0.1) is 17.8 Å². The van der Waals surface area contributed by atoms with Crippen LogP contribution in [0.25, 0.3) is 0 Å². The Labute approximate surface area is 102 Å². The molecule has 94 valence electrons. The van der Waals surface area contributed by atoms with Gasteiger partial charge in [-0.15, -0.1) is 0 Å². The lowest BCUT2D eigenvalue weighted by molar-refractivity contribution is -0.144. The molecule has 0 saturated heterocycles. The number of carboxylic acids is 1. The summed E-state index contributed by atoms with van der Waals surface area (Å²) in [4.78, 5) is 11.4. The van der Waals surface area contributed by atoms with Crippen molar-refractivity contribution in [3.63, 3.8) is 0 Å². The summed E-state index contributed by atoms with van der Waals surface area (Å²) in [6, 6.07) is 0.633. The summed E-state index contributed by atoms with van der Waals surface area (Å²) in [7, 11) is 0. The zero-order valence-electron chi connectivity index (χ0n) is 10.1. The third-order valence-corrected chi connectivity index (χ3v) is 4.86. The van der Waals surface area contributed by atoms with Gasteiger partial charge in [-0.25, -0.2) is 0 Å². The molecule has 3 rings (SSSR count). The monoisotopic (exact) mass is 235 g/mol. The minimum atomic E-state index is -0.588. The van der Waals surface area contributed by atoms with E-state index in [-0.39, 0.29) is 12.0 Å². The van der Waals surface area contributed by atoms with Crippen LogP contribution >= 0.6 is 0 Å². The zero-order valence-corrected chi connectivity index (χ0v) is 10.1. The molecule has 0 spiro atoms. The first-order valence-electron chi connectivity index (χ1n) is 6.91. The molecule has 3 heteroatoms. The molecule has 2 bridgehead atoms. The van der Waals surface area contributed by atoms with E-state index >= 15 is 0 Å². The van der Waals surface area contributed by atoms with E-state index in [0.29, 0.717) is 17.9 Å². The third kappa shape index (κ3) is 2.01. The number of hydrogen-bond acceptors (Lipinski definition) is 2. The minimum Gasteiger partial charge on any atom is -0.481 e. The molecule has 2 N–H and O–H groups in total. The summed E-state index contributed by atoms with van der Waals surface area (Å²) in [6.45, 7) is 0. The zero-order chi connectivity index (χ0) is 11.8. The number of hydrogen-bond donors (Lipinski definition) is 2. The molecular weight excluding hydrogens is 214 g/mol. The number of nitrogens with one attached hydrogen (secondary N) is 1. The Balaban J connectivity index is 1.70. The molecular formula is C14H21NO2. The van der Waals surface area contributed by atoms with Gasteiger partial charge in [0.05, 0.1) is 5.92 Å². The van der Waals surface area contributed by atoms with Crippen molar-refractivity contribution < 1.29 is 9.90 Å². The van der Waals surface area contributed by atoms with Crippen molar-refractivity contribution >= 4 is 5.97 Å². The number of carboxylic acid groups (broad SMARTS) is 1. The molecule has 0 heterocycles. The lowest BCUT2D eigenvalue weighted by atomic mass is 9.83. The fraction of sp³-hybridized carbons (Fsp3) is 0.786. The molecule has 0 radical (unpaired) electrons. The summed E-state index contributed by atoms with van der Waals surface area (Å²) in [6.07, 6.45) is 11.5. The quantitative estimate of drug-likeness (QED) is 0.737. The third-order valence-electron chi connectivity index (χ3n) is 4.86. The first kappa shape index (κ1) is 11.3. The number of fused-ring (bicyclic) bond motifs is 2. The highest BCUT2D eigenvalue weighted by Gasteiger charge is 2.51. The van der Waals surface area contributed by atoms with Crippen LogP contribution in [0.4, 0.5) is 0 Å². The normalized spacial score (nSPS) is 44.1. The summed E-state index contributed by atoms with van der Waals surface area (Å²) in [5, 5.41) is 13.0. The van der Waals surface area contributed by atoms with Gasteiger partial charge >= 0.3 is 5.97 Å². The second kappa shape index (κ2) is 4.45. The molecule has 2 fully saturated rings. The second-order valence-electron chi connectivity index (χ2n) is 5.86. The summed E-state index contributed by atoms with van der Waals surface area (Å²) in [5.41, 5.74) is 0. The predicted octanol–water partition coefficient (Wildman–Crippen LogP) is 2.18. The van der Waals surface area contributed by atoms with Crippen molar-refractivity contribution in [2.45, 2.75) is 50.6 Å². The first-order chi connectivity index (χ1) is 8.25. The van der Waals surface area contributed by atoms with Crippen LogP contribution in [0.15, 0.2) is 12.2 Å². The van der Waals surface area contributed by atoms with E-state index < -0.39 is 5.97 Å². The van der Waals surface area contributed by atoms with E-state index in [2.05, 4.69) is 17.5 Å². The largest absolute Gasteiger partial charge is 0.481 e. The van der Waals surface area contributed by atoms with Gasteiger partial charge < -0.3 is 10.4 Å². The molecule has 5 unspecified atom stereocenters. The van der Waals surface area contributed by atoms with Crippen LogP contribution < -0.4 is 5.32 Å². The Hall–Kier alpha value is -0.830. The van der Waals surface area contributed by atoms with Gasteiger partial charge in [-0.1, -0.05) is 12.2 Å². The van der Waals surface area contributed by atoms with Crippen molar-refractivity contribution in [2.75, 3.05) is 0 Å². The highest BCUT2D eigenvalue weighted by Crippen LogP contribution is 2.48. The van der Waals surface area contributed by atoms with E-state index in [4.69, 9.17) is 0 Å². The van der Waals surface area contributed by atoms with Crippen molar-refractivity contribution in [1.82, 2.24) is 5.32 Å². The highest BCUT2D eigenvalue weighted by atomic mass is 16.4. The molecule has 0 amide bonds. The lowest BCUT2D eigenvalue weighted by Gasteiger charge is -2.32. The van der Waals surface area contributed by atoms with Crippen LogP contribution in [0.5, 0.6) is 0 Å². The van der Waals surface area contributed by atoms with E-state index in [9.17, 15) is 9.90 Å². The van der Waals surface area contributed by atoms with Crippen molar-refractivity contribution in [3.05, 3.63) is 12.2 Å². The van der Waals surface area contributed by atoms with Crippen LogP contribution in [0.1, 0.15) is 38.5 Å². The maximum Gasteiger partial charge on any atom is 0.308 e.